The first-order valence-electron chi connectivity index (χ1n) is 23.2. The first-order chi connectivity index (χ1) is 34.5. The van der Waals surface area contributed by atoms with Crippen LogP contribution in [0.3, 0.4) is 0 Å². The molecule has 0 radical (unpaired) electrons. The smallest absolute Gasteiger partial charge is 0.408 e. The Kier molecular flexibility index (Phi) is 11.6. The van der Waals surface area contributed by atoms with Crippen molar-refractivity contribution in [1.82, 2.24) is 0 Å². The Morgan fingerprint density at radius 3 is 0.786 bits per heavy atom. The minimum atomic E-state index is -2.18. The largest absolute Gasteiger partial charge is 0.530 e. The highest BCUT2D eigenvalue weighted by Gasteiger charge is 2.31. The molecular weight excluding hydrogens is 903 g/mol. The molecule has 0 aliphatic carbocycles. The van der Waals surface area contributed by atoms with Gasteiger partial charge in [-0.05, 0) is 104 Å². The van der Waals surface area contributed by atoms with Gasteiger partial charge in [-0.2, -0.15) is 0 Å². The number of hydrogen-bond donors (Lipinski definition) is 0. The maximum Gasteiger partial charge on any atom is 0.530 e. The molecule has 0 unspecified atom stereocenters. The van der Waals surface area contributed by atoms with Crippen molar-refractivity contribution in [2.75, 3.05) is 0 Å². The highest BCUT2D eigenvalue weighted by Crippen LogP contribution is 2.56. The van der Waals surface area contributed by atoms with Crippen LogP contribution in [0, 0.1) is 13.8 Å². The van der Waals surface area contributed by atoms with Gasteiger partial charge in [-0.3, -0.25) is 0 Å². The molecule has 338 valence electrons. The lowest BCUT2D eigenvalue weighted by atomic mass is 9.89. The van der Waals surface area contributed by atoms with Crippen LogP contribution in [-0.2, 0) is 0 Å². The minimum absolute atomic E-state index is 0.597. The van der Waals surface area contributed by atoms with Gasteiger partial charge in [-0.25, -0.2) is 0 Å². The Morgan fingerprint density at radius 1 is 0.243 bits per heavy atom. The van der Waals surface area contributed by atoms with Gasteiger partial charge in [0, 0.05) is 32.7 Å². The molecule has 0 amide bonds. The summed E-state index contributed by atoms with van der Waals surface area (Å²) in [5.74, 6) is 3.79. The maximum absolute atomic E-state index is 7.39. The number of rotatable bonds is 13. The Bertz CT molecular complexity index is 3490. The summed E-state index contributed by atoms with van der Waals surface area (Å²) >= 11 is 0. The number of benzene rings is 12. The molecule has 0 spiro atoms. The summed E-state index contributed by atoms with van der Waals surface area (Å²) in [5.41, 5.74) is 3.43. The predicted octanol–water partition coefficient (Wildman–Crippen LogP) is 18.4. The van der Waals surface area contributed by atoms with E-state index in [0.29, 0.717) is 34.5 Å². The van der Waals surface area contributed by atoms with Crippen LogP contribution >= 0.6 is 17.2 Å². The molecule has 0 aliphatic heterocycles. The standard InChI is InChI=1S/C62H44O6P2/c1-41-39-47-23-7-13-33-53(47)59(61(41)67-69(63-55-35-15-25-43-19-3-9-29-49(43)55)64-56-36-16-26-44-20-4-10-30-50(44)56)60-54-34-14-8-24-48(54)40-42(2)62(60)68-70(65-57-37-17-27-45-21-5-11-31-51(45)57)66-58-38-18-28-46-22-6-12-32-52(46)58/h3-40H,1-2H3. The van der Waals surface area contributed by atoms with Crippen LogP contribution in [0.4, 0.5) is 0 Å². The molecule has 0 N–H and O–H groups in total. The van der Waals surface area contributed by atoms with Gasteiger partial charge in [0.05, 0.1) is 0 Å². The molecule has 70 heavy (non-hydrogen) atoms. The third-order valence-electron chi connectivity index (χ3n) is 12.6. The van der Waals surface area contributed by atoms with Gasteiger partial charge in [0.15, 0.2) is 0 Å². The van der Waals surface area contributed by atoms with E-state index in [1.54, 1.807) is 0 Å². The molecule has 0 atom stereocenters. The number of aryl methyl sites for hydroxylation is 2. The quantitative estimate of drug-likeness (QED) is 0.107. The van der Waals surface area contributed by atoms with Crippen LogP contribution in [0.1, 0.15) is 11.1 Å². The van der Waals surface area contributed by atoms with Crippen LogP contribution in [0.15, 0.2) is 231 Å². The average Bonchev–Trinajstić information content (AvgIpc) is 3.39. The van der Waals surface area contributed by atoms with E-state index in [9.17, 15) is 0 Å². The Balaban J connectivity index is 1.06. The molecule has 0 saturated heterocycles. The minimum Gasteiger partial charge on any atom is -0.408 e. The molecule has 12 aromatic rings. The van der Waals surface area contributed by atoms with E-state index in [1.165, 1.54) is 0 Å². The highest BCUT2D eigenvalue weighted by molar-refractivity contribution is 7.43. The van der Waals surface area contributed by atoms with Crippen molar-refractivity contribution in [3.05, 3.63) is 242 Å². The zero-order valence-corrected chi connectivity index (χ0v) is 40.1. The summed E-state index contributed by atoms with van der Waals surface area (Å²) < 4.78 is 42.8. The molecule has 0 aliphatic rings. The molecule has 8 heteroatoms. The zero-order valence-electron chi connectivity index (χ0n) is 38.3. The SMILES string of the molecule is Cc1cc2ccccc2c(-c2c(OP(Oc3cccc4ccccc34)Oc3cccc4ccccc34)c(C)cc3ccccc23)c1OP(Oc1cccc2ccccc12)Oc1cccc2ccccc12. The van der Waals surface area contributed by atoms with Gasteiger partial charge >= 0.3 is 17.2 Å². The Hall–Kier alpha value is -8.14. The lowest BCUT2D eigenvalue weighted by Crippen LogP contribution is -2.07. The molecule has 0 heterocycles. The van der Waals surface area contributed by atoms with Gasteiger partial charge < -0.3 is 27.1 Å². The van der Waals surface area contributed by atoms with Gasteiger partial charge in [0.25, 0.3) is 0 Å². The van der Waals surface area contributed by atoms with Crippen LogP contribution in [-0.4, -0.2) is 0 Å². The van der Waals surface area contributed by atoms with Crippen molar-refractivity contribution in [2.45, 2.75) is 13.8 Å². The van der Waals surface area contributed by atoms with Crippen molar-refractivity contribution in [1.29, 1.82) is 0 Å². The van der Waals surface area contributed by atoms with E-state index in [4.69, 9.17) is 27.1 Å². The van der Waals surface area contributed by atoms with Crippen molar-refractivity contribution in [2.24, 2.45) is 0 Å². The zero-order chi connectivity index (χ0) is 47.0. The normalized spacial score (nSPS) is 11.5. The molecular formula is C62H44O6P2. The fourth-order valence-corrected chi connectivity index (χ4v) is 11.6. The molecule has 12 rings (SSSR count). The lowest BCUT2D eigenvalue weighted by Gasteiger charge is -2.26. The second-order valence-corrected chi connectivity index (χ2v) is 19.1. The fourth-order valence-electron chi connectivity index (χ4n) is 9.35. The average molecular weight is 947 g/mol. The Morgan fingerprint density at radius 2 is 0.486 bits per heavy atom. The summed E-state index contributed by atoms with van der Waals surface area (Å²) in [6.45, 7) is 4.15. The number of hydrogen-bond acceptors (Lipinski definition) is 6. The van der Waals surface area contributed by atoms with E-state index >= 15 is 0 Å². The third-order valence-corrected chi connectivity index (χ3v) is 14.7. The third kappa shape index (κ3) is 8.32. The predicted molar refractivity (Wildman–Crippen MR) is 290 cm³/mol. The van der Waals surface area contributed by atoms with Crippen LogP contribution in [0.2, 0.25) is 0 Å². The van der Waals surface area contributed by atoms with E-state index in [0.717, 1.165) is 86.9 Å². The molecule has 0 fully saturated rings. The van der Waals surface area contributed by atoms with Crippen LogP contribution in [0.25, 0.3) is 75.8 Å². The topological polar surface area (TPSA) is 55.4 Å². The van der Waals surface area contributed by atoms with E-state index < -0.39 is 17.2 Å². The second kappa shape index (κ2) is 18.7. The van der Waals surface area contributed by atoms with Gasteiger partial charge in [-0.1, -0.05) is 194 Å². The van der Waals surface area contributed by atoms with Gasteiger partial charge in [0.2, 0.25) is 0 Å². The van der Waals surface area contributed by atoms with Crippen LogP contribution < -0.4 is 27.1 Å². The molecule has 0 saturated carbocycles. The molecule has 0 aromatic heterocycles. The second-order valence-electron chi connectivity index (χ2n) is 17.1. The molecule has 12 aromatic carbocycles. The molecule has 0 bridgehead atoms. The van der Waals surface area contributed by atoms with Gasteiger partial charge in [-0.15, -0.1) is 0 Å². The summed E-state index contributed by atoms with van der Waals surface area (Å²) in [4.78, 5) is 0. The highest BCUT2D eigenvalue weighted by atomic mass is 31.2. The summed E-state index contributed by atoms with van der Waals surface area (Å²) in [6, 6.07) is 78.0. The molecule has 6 nitrogen and oxygen atoms in total. The van der Waals surface area contributed by atoms with Crippen molar-refractivity contribution in [3.8, 4) is 45.6 Å². The fraction of sp³-hybridized carbons (Fsp3) is 0.0323. The summed E-state index contributed by atoms with van der Waals surface area (Å²) in [7, 11) is -4.36. The Labute approximate surface area is 408 Å². The first kappa shape index (κ1) is 43.2. The van der Waals surface area contributed by atoms with Crippen molar-refractivity contribution in [3.63, 3.8) is 0 Å². The lowest BCUT2D eigenvalue weighted by molar-refractivity contribution is 0.388. The number of fused-ring (bicyclic) bond motifs is 6. The maximum atomic E-state index is 7.39. The first-order valence-corrected chi connectivity index (χ1v) is 25.4. The van der Waals surface area contributed by atoms with Crippen molar-refractivity contribution >= 4 is 81.8 Å². The van der Waals surface area contributed by atoms with Crippen LogP contribution in [0.5, 0.6) is 34.5 Å². The van der Waals surface area contributed by atoms with E-state index in [1.807, 2.05) is 97.1 Å². The summed E-state index contributed by atoms with van der Waals surface area (Å²) in [5, 5.41) is 12.0. The van der Waals surface area contributed by atoms with Gasteiger partial charge in [0.1, 0.15) is 34.5 Å². The van der Waals surface area contributed by atoms with E-state index in [2.05, 4.69) is 147 Å². The van der Waals surface area contributed by atoms with Crippen molar-refractivity contribution < 1.29 is 27.1 Å². The van der Waals surface area contributed by atoms with E-state index in [-0.39, 0.29) is 0 Å². The summed E-state index contributed by atoms with van der Waals surface area (Å²) in [6.07, 6.45) is 0. The monoisotopic (exact) mass is 946 g/mol.